The van der Waals surface area contributed by atoms with E-state index in [9.17, 15) is 0 Å². The molecule has 0 unspecified atom stereocenters. The summed E-state index contributed by atoms with van der Waals surface area (Å²) in [5.74, 6) is 2.47. The maximum atomic E-state index is 5.46. The summed E-state index contributed by atoms with van der Waals surface area (Å²) in [6, 6.07) is 8.50. The second-order valence-corrected chi connectivity index (χ2v) is 8.27. The largest absolute Gasteiger partial charge is 0.361 e. The molecule has 1 N–H and O–H groups in total. The van der Waals surface area contributed by atoms with Crippen molar-refractivity contribution < 1.29 is 4.52 Å². The first-order chi connectivity index (χ1) is 15.1. The fraction of sp³-hybridized carbons (Fsp3) is 0.269. The molecule has 0 saturated heterocycles. The Bertz CT molecular complexity index is 1410. The maximum Gasteiger partial charge on any atom is 0.141 e. The van der Waals surface area contributed by atoms with Crippen LogP contribution in [0.5, 0.6) is 0 Å². The molecule has 3 aromatic heterocycles. The topological polar surface area (TPSA) is 67.6 Å². The fourth-order valence-corrected chi connectivity index (χ4v) is 4.21. The Morgan fingerprint density at radius 2 is 2.06 bits per heavy atom. The smallest absolute Gasteiger partial charge is 0.141 e. The summed E-state index contributed by atoms with van der Waals surface area (Å²) >= 11 is 0. The van der Waals surface area contributed by atoms with Crippen molar-refractivity contribution in [1.29, 1.82) is 0 Å². The molecule has 0 amide bonds. The molecule has 0 aliphatic heterocycles. The molecule has 5 rings (SSSR count). The van der Waals surface area contributed by atoms with Crippen LogP contribution in [-0.4, -0.2) is 20.1 Å². The van der Waals surface area contributed by atoms with Crippen molar-refractivity contribution >= 4 is 22.7 Å². The van der Waals surface area contributed by atoms with E-state index in [2.05, 4.69) is 40.2 Å². The minimum absolute atomic E-state index is 0.556. The first kappa shape index (κ1) is 19.5. The van der Waals surface area contributed by atoms with Gasteiger partial charge in [-0.25, -0.2) is 4.98 Å². The minimum Gasteiger partial charge on any atom is -0.361 e. The van der Waals surface area contributed by atoms with Crippen LogP contribution in [0, 0.1) is 13.8 Å². The van der Waals surface area contributed by atoms with Gasteiger partial charge in [-0.1, -0.05) is 23.4 Å². The Kier molecular flexibility index (Phi) is 4.81. The van der Waals surface area contributed by atoms with E-state index in [1.54, 1.807) is 0 Å². The highest BCUT2D eigenvalue weighted by molar-refractivity contribution is 5.93. The molecule has 0 bridgehead atoms. The number of aryl methyl sites for hydroxylation is 2. The molecule has 0 radical (unpaired) electrons. The van der Waals surface area contributed by atoms with Crippen LogP contribution in [0.25, 0.3) is 33.8 Å². The zero-order chi connectivity index (χ0) is 21.5. The highest BCUT2D eigenvalue weighted by Gasteiger charge is 2.27. The summed E-state index contributed by atoms with van der Waals surface area (Å²) in [4.78, 5) is 13.2. The zero-order valence-corrected chi connectivity index (χ0v) is 18.4. The summed E-state index contributed by atoms with van der Waals surface area (Å²) in [5.41, 5.74) is 7.35. The molecule has 5 nitrogen and oxygen atoms in total. The lowest BCUT2D eigenvalue weighted by atomic mass is 9.96. The maximum absolute atomic E-state index is 5.46. The second kappa shape index (κ2) is 7.65. The highest BCUT2D eigenvalue weighted by Crippen LogP contribution is 2.40. The van der Waals surface area contributed by atoms with Crippen LogP contribution < -0.4 is 10.6 Å². The average molecular weight is 411 g/mol. The van der Waals surface area contributed by atoms with Crippen molar-refractivity contribution in [1.82, 2.24) is 20.1 Å². The van der Waals surface area contributed by atoms with Gasteiger partial charge in [0.05, 0.1) is 22.1 Å². The predicted molar refractivity (Wildman–Crippen MR) is 124 cm³/mol. The summed E-state index contributed by atoms with van der Waals surface area (Å²) in [6.07, 6.45) is 10.3. The van der Waals surface area contributed by atoms with E-state index in [0.29, 0.717) is 5.92 Å². The Labute approximate surface area is 181 Å². The molecular weight excluding hydrogens is 384 g/mol. The number of rotatable bonds is 4. The Morgan fingerprint density at radius 1 is 1.23 bits per heavy atom. The van der Waals surface area contributed by atoms with Crippen molar-refractivity contribution in [3.05, 3.63) is 76.0 Å². The van der Waals surface area contributed by atoms with E-state index < -0.39 is 0 Å². The summed E-state index contributed by atoms with van der Waals surface area (Å²) in [5, 5.41) is 6.22. The molecule has 1 aliphatic carbocycles. The van der Waals surface area contributed by atoms with Crippen LogP contribution in [-0.2, 0) is 0 Å². The van der Waals surface area contributed by atoms with E-state index in [4.69, 9.17) is 9.51 Å². The molecule has 3 heterocycles. The van der Waals surface area contributed by atoms with Crippen LogP contribution in [0.1, 0.15) is 55.4 Å². The number of fused-ring (bicyclic) bond motifs is 1. The van der Waals surface area contributed by atoms with Crippen LogP contribution in [0.2, 0.25) is 0 Å². The van der Waals surface area contributed by atoms with Gasteiger partial charge in [0.1, 0.15) is 11.6 Å². The number of pyridine rings is 1. The SMILES string of the molecule is C/C=C/C=c1/nccc/c1=C(/C)c1cc(-c2c(C)noc2C)cc2[nH]c(C3CC3)nc12. The van der Waals surface area contributed by atoms with E-state index in [1.807, 2.05) is 51.3 Å². The summed E-state index contributed by atoms with van der Waals surface area (Å²) in [6.45, 7) is 8.11. The molecule has 1 aliphatic rings. The summed E-state index contributed by atoms with van der Waals surface area (Å²) < 4.78 is 5.46. The quantitative estimate of drug-likeness (QED) is 0.530. The van der Waals surface area contributed by atoms with Crippen molar-refractivity contribution in [3.63, 3.8) is 0 Å². The third kappa shape index (κ3) is 3.50. The lowest BCUT2D eigenvalue weighted by Crippen LogP contribution is -2.29. The molecule has 0 spiro atoms. The molecule has 5 heteroatoms. The first-order valence-electron chi connectivity index (χ1n) is 10.8. The van der Waals surface area contributed by atoms with Crippen LogP contribution in [0.15, 0.2) is 47.1 Å². The molecular formula is C26H26N4O. The first-order valence-corrected chi connectivity index (χ1v) is 10.8. The van der Waals surface area contributed by atoms with Gasteiger partial charge in [-0.3, -0.25) is 4.98 Å². The van der Waals surface area contributed by atoms with Gasteiger partial charge in [-0.15, -0.1) is 0 Å². The van der Waals surface area contributed by atoms with Gasteiger partial charge < -0.3 is 9.51 Å². The van der Waals surface area contributed by atoms with E-state index in [-0.39, 0.29) is 0 Å². The number of nitrogens with one attached hydrogen (secondary N) is 1. The molecule has 0 atom stereocenters. The number of imidazole rings is 1. The normalized spacial score (nSPS) is 15.9. The van der Waals surface area contributed by atoms with Crippen molar-refractivity contribution in [2.45, 2.75) is 46.5 Å². The van der Waals surface area contributed by atoms with E-state index in [1.165, 1.54) is 12.8 Å². The zero-order valence-electron chi connectivity index (χ0n) is 18.4. The van der Waals surface area contributed by atoms with Gasteiger partial charge in [0.25, 0.3) is 0 Å². The lowest BCUT2D eigenvalue weighted by molar-refractivity contribution is 0.393. The van der Waals surface area contributed by atoms with Gasteiger partial charge >= 0.3 is 0 Å². The molecule has 4 aromatic rings. The van der Waals surface area contributed by atoms with Crippen molar-refractivity contribution in [3.8, 4) is 11.1 Å². The van der Waals surface area contributed by atoms with Crippen molar-refractivity contribution in [2.24, 2.45) is 0 Å². The van der Waals surface area contributed by atoms with Gasteiger partial charge in [0, 0.05) is 28.5 Å². The lowest BCUT2D eigenvalue weighted by Gasteiger charge is -2.08. The number of hydrogen-bond acceptors (Lipinski definition) is 4. The van der Waals surface area contributed by atoms with Crippen molar-refractivity contribution in [2.75, 3.05) is 0 Å². The van der Waals surface area contributed by atoms with Crippen LogP contribution in [0.3, 0.4) is 0 Å². The predicted octanol–water partition coefficient (Wildman–Crippen LogP) is 4.68. The van der Waals surface area contributed by atoms with Gasteiger partial charge in [0.15, 0.2) is 0 Å². The third-order valence-electron chi connectivity index (χ3n) is 5.98. The van der Waals surface area contributed by atoms with Crippen LogP contribution in [0.4, 0.5) is 0 Å². The summed E-state index contributed by atoms with van der Waals surface area (Å²) in [7, 11) is 0. The number of aromatic amines is 1. The molecule has 31 heavy (non-hydrogen) atoms. The monoisotopic (exact) mass is 410 g/mol. The number of nitrogens with zero attached hydrogens (tertiary/aromatic N) is 3. The van der Waals surface area contributed by atoms with Gasteiger partial charge in [0.2, 0.25) is 0 Å². The number of allylic oxidation sites excluding steroid dienone is 2. The number of benzene rings is 1. The molecule has 156 valence electrons. The number of H-pyrrole nitrogens is 1. The van der Waals surface area contributed by atoms with Gasteiger partial charge in [-0.2, -0.15) is 0 Å². The standard InChI is InChI=1S/C26H26N4O/c1-5-6-9-22-20(8-7-12-27-22)15(2)21-13-19(24-16(3)30-31-17(24)4)14-23-25(21)29-26(28-23)18-10-11-18/h5-9,12-14,18H,10-11H2,1-4H3,(H,28,29)/b6-5+,20-15+,22-9+. The van der Waals surface area contributed by atoms with E-state index >= 15 is 0 Å². The Morgan fingerprint density at radius 3 is 2.77 bits per heavy atom. The fourth-order valence-electron chi connectivity index (χ4n) is 4.21. The Hall–Kier alpha value is -3.47. The molecule has 1 aromatic carbocycles. The molecule has 1 fully saturated rings. The molecule has 1 saturated carbocycles. The highest BCUT2D eigenvalue weighted by atomic mass is 16.5. The van der Waals surface area contributed by atoms with Gasteiger partial charge in [-0.05, 0) is 75.9 Å². The number of hydrogen-bond donors (Lipinski definition) is 1. The number of aromatic nitrogens is 4. The van der Waals surface area contributed by atoms with Crippen LogP contribution >= 0.6 is 0 Å². The Balaban J connectivity index is 1.84. The average Bonchev–Trinajstić information content (AvgIpc) is 3.45. The second-order valence-electron chi connectivity index (χ2n) is 8.27. The minimum atomic E-state index is 0.556. The van der Waals surface area contributed by atoms with E-state index in [0.717, 1.165) is 61.1 Å². The third-order valence-corrected chi connectivity index (χ3v) is 5.98.